The zero-order valence-corrected chi connectivity index (χ0v) is 23.7. The van der Waals surface area contributed by atoms with Crippen LogP contribution in [0.3, 0.4) is 0 Å². The van der Waals surface area contributed by atoms with E-state index in [-0.39, 0.29) is 12.2 Å². The molecular weight excluding hydrogens is 523 g/mol. The molecule has 0 bridgehead atoms. The Morgan fingerprint density at radius 2 is 1.15 bits per heavy atom. The van der Waals surface area contributed by atoms with E-state index in [0.717, 1.165) is 30.0 Å². The molecular formula is C33H31ClN2O2P+. The molecule has 4 nitrogen and oxygen atoms in total. The number of ether oxygens (including phenoxy) is 1. The molecule has 0 radical (unpaired) electrons. The summed E-state index contributed by atoms with van der Waals surface area (Å²) in [6.45, 7) is 5.69. The second kappa shape index (κ2) is 11.0. The third kappa shape index (κ3) is 4.89. The highest BCUT2D eigenvalue weighted by Gasteiger charge is 2.54. The first-order chi connectivity index (χ1) is 19.1. The largest absolute Gasteiger partial charge is 0.416 e. The Kier molecular flexibility index (Phi) is 7.27. The van der Waals surface area contributed by atoms with Crippen molar-refractivity contribution in [2.45, 2.75) is 26.1 Å². The summed E-state index contributed by atoms with van der Waals surface area (Å²) in [6.07, 6.45) is 0.146. The van der Waals surface area contributed by atoms with Crippen LogP contribution in [-0.4, -0.2) is 30.3 Å². The monoisotopic (exact) mass is 553 g/mol. The quantitative estimate of drug-likeness (QED) is 0.234. The summed E-state index contributed by atoms with van der Waals surface area (Å²) in [5.41, 5.74) is 1.87. The van der Waals surface area contributed by atoms with Gasteiger partial charge >= 0.3 is 0 Å². The Hall–Kier alpha value is -3.43. The van der Waals surface area contributed by atoms with Gasteiger partial charge in [-0.3, -0.25) is 0 Å². The molecule has 0 spiro atoms. The predicted octanol–water partition coefficient (Wildman–Crippen LogP) is 6.23. The molecule has 2 heterocycles. The molecule has 0 amide bonds. The van der Waals surface area contributed by atoms with Gasteiger partial charge in [-0.05, 0) is 74.5 Å². The first-order valence-corrected chi connectivity index (χ1v) is 15.5. The first kappa shape index (κ1) is 25.8. The van der Waals surface area contributed by atoms with E-state index in [2.05, 4.69) is 110 Å². The van der Waals surface area contributed by atoms with Crippen molar-refractivity contribution < 1.29 is 9.15 Å². The van der Waals surface area contributed by atoms with Crippen LogP contribution in [0.15, 0.2) is 120 Å². The number of anilines is 1. The number of nitrogens with zero attached hydrogens (tertiary/aromatic N) is 2. The van der Waals surface area contributed by atoms with Gasteiger partial charge in [0, 0.05) is 23.7 Å². The molecule has 1 aliphatic heterocycles. The minimum atomic E-state index is -2.47. The van der Waals surface area contributed by atoms with Crippen molar-refractivity contribution >= 4 is 46.1 Å². The van der Waals surface area contributed by atoms with Crippen molar-refractivity contribution in [2.24, 2.45) is 0 Å². The van der Waals surface area contributed by atoms with Crippen LogP contribution in [-0.2, 0) is 4.74 Å². The Morgan fingerprint density at radius 3 is 1.62 bits per heavy atom. The third-order valence-corrected chi connectivity index (χ3v) is 11.5. The molecule has 2 atom stereocenters. The molecule has 0 N–H and O–H groups in total. The standard InChI is InChI=1S/C33H31ClN2O2P/c1-24-22-36(23-25(2)37-24)33-32(35-31(38-33)26-18-20-27(34)21-19-26)39(28-12-6-3-7-13-28,29-14-8-4-9-15-29)30-16-10-5-11-17-30/h3-21,24-25H,22-23H2,1-2H3/q+1/t24-,25-/m0/s1. The second-order valence-electron chi connectivity index (χ2n) is 9.99. The van der Waals surface area contributed by atoms with Crippen molar-refractivity contribution in [3.8, 4) is 11.5 Å². The normalized spacial score (nSPS) is 17.8. The molecule has 4 aromatic carbocycles. The smallest absolute Gasteiger partial charge is 0.262 e. The number of halogens is 1. The number of hydrogen-bond acceptors (Lipinski definition) is 4. The minimum absolute atomic E-state index is 0.0728. The number of oxazole rings is 1. The van der Waals surface area contributed by atoms with Crippen molar-refractivity contribution in [3.63, 3.8) is 0 Å². The maximum Gasteiger partial charge on any atom is 0.262 e. The van der Waals surface area contributed by atoms with Crippen LogP contribution in [0.2, 0.25) is 5.02 Å². The fourth-order valence-electron chi connectivity index (χ4n) is 5.56. The van der Waals surface area contributed by atoms with E-state index >= 15 is 0 Å². The molecule has 1 aliphatic rings. The summed E-state index contributed by atoms with van der Waals surface area (Å²) >= 11 is 6.23. The Labute approximate surface area is 235 Å². The van der Waals surface area contributed by atoms with E-state index in [1.807, 2.05) is 24.3 Å². The molecule has 1 aromatic heterocycles. The topological polar surface area (TPSA) is 38.5 Å². The van der Waals surface area contributed by atoms with E-state index in [1.54, 1.807) is 0 Å². The minimum Gasteiger partial charge on any atom is -0.416 e. The van der Waals surface area contributed by atoms with Gasteiger partial charge in [-0.25, -0.2) is 0 Å². The van der Waals surface area contributed by atoms with Crippen LogP contribution in [0.5, 0.6) is 0 Å². The van der Waals surface area contributed by atoms with Crippen molar-refractivity contribution in [3.05, 3.63) is 120 Å². The lowest BCUT2D eigenvalue weighted by Crippen LogP contribution is -2.48. The lowest BCUT2D eigenvalue weighted by Gasteiger charge is -2.36. The van der Waals surface area contributed by atoms with Crippen LogP contribution in [0.4, 0.5) is 5.88 Å². The van der Waals surface area contributed by atoms with E-state index in [9.17, 15) is 0 Å². The van der Waals surface area contributed by atoms with Gasteiger partial charge in [-0.15, -0.1) is 0 Å². The van der Waals surface area contributed by atoms with Gasteiger partial charge < -0.3 is 14.1 Å². The summed E-state index contributed by atoms with van der Waals surface area (Å²) in [4.78, 5) is 7.72. The molecule has 0 aliphatic carbocycles. The second-order valence-corrected chi connectivity index (χ2v) is 13.7. The molecule has 196 valence electrons. The van der Waals surface area contributed by atoms with Gasteiger partial charge in [0.25, 0.3) is 11.3 Å². The van der Waals surface area contributed by atoms with Gasteiger partial charge in [0.05, 0.1) is 12.2 Å². The highest BCUT2D eigenvalue weighted by molar-refractivity contribution is 8.01. The number of rotatable bonds is 6. The van der Waals surface area contributed by atoms with Gasteiger partial charge in [-0.2, -0.15) is 4.98 Å². The highest BCUT2D eigenvalue weighted by atomic mass is 35.5. The molecule has 6 rings (SSSR count). The van der Waals surface area contributed by atoms with Crippen molar-refractivity contribution in [1.82, 2.24) is 4.98 Å². The number of benzene rings is 4. The fourth-order valence-corrected chi connectivity index (χ4v) is 9.88. The predicted molar refractivity (Wildman–Crippen MR) is 164 cm³/mol. The Bertz CT molecular complexity index is 1420. The number of morpholine rings is 1. The van der Waals surface area contributed by atoms with E-state index in [4.69, 9.17) is 25.7 Å². The van der Waals surface area contributed by atoms with Crippen LogP contribution >= 0.6 is 18.9 Å². The first-order valence-electron chi connectivity index (χ1n) is 13.3. The van der Waals surface area contributed by atoms with Crippen molar-refractivity contribution in [2.75, 3.05) is 18.0 Å². The third-order valence-electron chi connectivity index (χ3n) is 7.14. The van der Waals surface area contributed by atoms with Crippen LogP contribution in [0.1, 0.15) is 13.8 Å². The van der Waals surface area contributed by atoms with Crippen LogP contribution < -0.4 is 26.2 Å². The average Bonchev–Trinajstić information content (AvgIpc) is 3.41. The van der Waals surface area contributed by atoms with Gasteiger partial charge in [0.2, 0.25) is 5.89 Å². The average molecular weight is 554 g/mol. The SMILES string of the molecule is C[C@H]1CN(c2oc(-c3ccc(Cl)cc3)nc2[P+](c2ccccc2)(c2ccccc2)c2ccccc2)C[C@H](C)O1. The Morgan fingerprint density at radius 1 is 0.692 bits per heavy atom. The zero-order chi connectivity index (χ0) is 26.8. The summed E-state index contributed by atoms with van der Waals surface area (Å²) in [6, 6.07) is 40.1. The lowest BCUT2D eigenvalue weighted by molar-refractivity contribution is -0.00629. The number of hydrogen-bond donors (Lipinski definition) is 0. The summed E-state index contributed by atoms with van der Waals surface area (Å²) in [5.74, 6) is 1.41. The van der Waals surface area contributed by atoms with Crippen LogP contribution in [0, 0.1) is 0 Å². The van der Waals surface area contributed by atoms with Crippen molar-refractivity contribution in [1.29, 1.82) is 0 Å². The van der Waals surface area contributed by atoms with Crippen LogP contribution in [0.25, 0.3) is 11.5 Å². The Balaban J connectivity index is 1.70. The molecule has 6 heteroatoms. The molecule has 5 aromatic rings. The van der Waals surface area contributed by atoms with E-state index in [0.29, 0.717) is 10.9 Å². The zero-order valence-electron chi connectivity index (χ0n) is 22.1. The molecule has 1 saturated heterocycles. The maximum absolute atomic E-state index is 6.79. The fraction of sp³-hybridized carbons (Fsp3) is 0.182. The summed E-state index contributed by atoms with van der Waals surface area (Å²) in [5, 5.41) is 4.37. The summed E-state index contributed by atoms with van der Waals surface area (Å²) < 4.78 is 12.9. The van der Waals surface area contributed by atoms with Gasteiger partial charge in [0.1, 0.15) is 15.9 Å². The van der Waals surface area contributed by atoms with Gasteiger partial charge in [-0.1, -0.05) is 66.2 Å². The molecule has 0 unspecified atom stereocenters. The molecule has 39 heavy (non-hydrogen) atoms. The lowest BCUT2D eigenvalue weighted by atomic mass is 10.2. The maximum atomic E-state index is 6.79. The summed E-state index contributed by atoms with van der Waals surface area (Å²) in [7, 11) is -2.47. The van der Waals surface area contributed by atoms with E-state index in [1.165, 1.54) is 15.9 Å². The number of aromatic nitrogens is 1. The van der Waals surface area contributed by atoms with Gasteiger partial charge in [0.15, 0.2) is 7.26 Å². The van der Waals surface area contributed by atoms with E-state index < -0.39 is 7.26 Å². The molecule has 0 saturated carbocycles. The highest BCUT2D eigenvalue weighted by Crippen LogP contribution is 2.56. The molecule has 1 fully saturated rings.